The monoisotopic (exact) mass is 878 g/mol. The first-order valence-corrected chi connectivity index (χ1v) is 22.4. The first-order valence-electron chi connectivity index (χ1n) is 20.5. The van der Waals surface area contributed by atoms with Crippen LogP contribution in [0.5, 0.6) is 11.5 Å². The van der Waals surface area contributed by atoms with E-state index in [1.165, 1.54) is 12.2 Å². The van der Waals surface area contributed by atoms with Gasteiger partial charge in [0.05, 0.1) is 0 Å². The first-order chi connectivity index (χ1) is 31.2. The molecule has 6 rings (SSSR count). The molecule has 0 amide bonds. The van der Waals surface area contributed by atoms with E-state index in [-0.39, 0.29) is 0 Å². The molecule has 6 aromatic carbocycles. The summed E-state index contributed by atoms with van der Waals surface area (Å²) in [6, 6.07) is 44.2. The van der Waals surface area contributed by atoms with Gasteiger partial charge in [0.25, 0.3) is 0 Å². The molecule has 64 heavy (non-hydrogen) atoms. The van der Waals surface area contributed by atoms with E-state index >= 15 is 0 Å². The molecule has 0 radical (unpaired) electrons. The lowest BCUT2D eigenvalue weighted by molar-refractivity contribution is -0.138. The van der Waals surface area contributed by atoms with Crippen LogP contribution in [0.3, 0.4) is 0 Å². The van der Waals surface area contributed by atoms with E-state index in [2.05, 4.69) is 48.7 Å². The first kappa shape index (κ1) is 46.2. The molecule has 0 saturated carbocycles. The normalized spacial score (nSPS) is 10.1. The van der Waals surface area contributed by atoms with Crippen LogP contribution in [0.4, 0.5) is 0 Å². The van der Waals surface area contributed by atoms with E-state index in [1.54, 1.807) is 23.5 Å². The number of esters is 2. The number of ether oxygens (including phenoxy) is 4. The van der Waals surface area contributed by atoms with Gasteiger partial charge in [0.15, 0.2) is 0 Å². The van der Waals surface area contributed by atoms with Crippen molar-refractivity contribution in [1.82, 2.24) is 0 Å². The smallest absolute Gasteiger partial charge is 0.330 e. The van der Waals surface area contributed by atoms with E-state index in [9.17, 15) is 9.59 Å². The van der Waals surface area contributed by atoms with Crippen LogP contribution in [0.25, 0.3) is 0 Å². The van der Waals surface area contributed by atoms with Crippen molar-refractivity contribution in [2.75, 3.05) is 24.7 Å². The fraction of sp³-hybridized carbons (Fsp3) is 0.143. The summed E-state index contributed by atoms with van der Waals surface area (Å²) in [7, 11) is 0. The molecule has 0 spiro atoms. The maximum Gasteiger partial charge on any atom is 0.330 e. The number of thioether (sulfide) groups is 2. The lowest BCUT2D eigenvalue weighted by Crippen LogP contribution is -2.03. The second-order valence-corrected chi connectivity index (χ2v) is 16.5. The molecule has 0 heterocycles. The largest absolute Gasteiger partial charge is 0.489 e. The fourth-order valence-corrected chi connectivity index (χ4v) is 7.35. The van der Waals surface area contributed by atoms with Gasteiger partial charge in [-0.3, -0.25) is 0 Å². The molecule has 0 bridgehead atoms. The van der Waals surface area contributed by atoms with Crippen molar-refractivity contribution >= 4 is 35.5 Å². The maximum absolute atomic E-state index is 11.2. The molecular weight excluding hydrogens is 833 g/mol. The second kappa shape index (κ2) is 24.4. The number of carbonyl (C=O) groups excluding carboxylic acids is 2. The molecule has 0 fully saturated rings. The van der Waals surface area contributed by atoms with Crippen LogP contribution < -0.4 is 9.47 Å². The van der Waals surface area contributed by atoms with Gasteiger partial charge in [0.1, 0.15) is 37.9 Å². The summed E-state index contributed by atoms with van der Waals surface area (Å²) in [5.41, 5.74) is 9.66. The van der Waals surface area contributed by atoms with Crippen molar-refractivity contribution in [3.8, 4) is 47.0 Å². The minimum absolute atomic E-state index is 0.340. The molecule has 0 atom stereocenters. The zero-order chi connectivity index (χ0) is 44.9. The average molecular weight is 879 g/mol. The highest BCUT2D eigenvalue weighted by Crippen LogP contribution is 2.23. The molecule has 8 heteroatoms. The fourth-order valence-electron chi connectivity index (χ4n) is 5.89. The predicted molar refractivity (Wildman–Crippen MR) is 258 cm³/mol. The highest BCUT2D eigenvalue weighted by molar-refractivity contribution is 7.99. The van der Waals surface area contributed by atoms with Gasteiger partial charge in [-0.15, -0.1) is 23.5 Å². The Labute approximate surface area is 385 Å². The van der Waals surface area contributed by atoms with Crippen molar-refractivity contribution in [3.05, 3.63) is 214 Å². The Bertz CT molecular complexity index is 2570. The topological polar surface area (TPSA) is 71.1 Å². The Morgan fingerprint density at radius 3 is 1.11 bits per heavy atom. The van der Waals surface area contributed by atoms with Gasteiger partial charge < -0.3 is 18.9 Å². The molecule has 0 saturated heterocycles. The Hall–Kier alpha value is -7.28. The van der Waals surface area contributed by atoms with E-state index < -0.39 is 11.9 Å². The van der Waals surface area contributed by atoms with Crippen LogP contribution in [-0.2, 0) is 32.3 Å². The van der Waals surface area contributed by atoms with Crippen molar-refractivity contribution in [3.63, 3.8) is 0 Å². The summed E-state index contributed by atoms with van der Waals surface area (Å²) >= 11 is 3.23. The number of hydrogen-bond acceptors (Lipinski definition) is 8. The van der Waals surface area contributed by atoms with Crippen molar-refractivity contribution in [2.24, 2.45) is 0 Å². The number of carbonyl (C=O) groups is 2. The Balaban J connectivity index is 0.918. The van der Waals surface area contributed by atoms with Crippen LogP contribution in [-0.4, -0.2) is 36.7 Å². The summed E-state index contributed by atoms with van der Waals surface area (Å²) in [4.78, 5) is 24.5. The lowest BCUT2D eigenvalue weighted by atomic mass is 10.1. The minimum atomic E-state index is -0.406. The Kier molecular flexibility index (Phi) is 17.6. The summed E-state index contributed by atoms with van der Waals surface area (Å²) in [6.07, 6.45) is 2.34. The van der Waals surface area contributed by atoms with Gasteiger partial charge in [0.2, 0.25) is 0 Å². The Morgan fingerprint density at radius 2 is 0.781 bits per heavy atom. The molecule has 0 aliphatic heterocycles. The van der Waals surface area contributed by atoms with Gasteiger partial charge in [-0.1, -0.05) is 72.9 Å². The van der Waals surface area contributed by atoms with Gasteiger partial charge >= 0.3 is 11.9 Å². The van der Waals surface area contributed by atoms with E-state index in [0.717, 1.165) is 76.9 Å². The zero-order valence-corrected chi connectivity index (χ0v) is 37.4. The molecule has 0 aromatic heterocycles. The zero-order valence-electron chi connectivity index (χ0n) is 35.8. The quantitative estimate of drug-likeness (QED) is 0.0313. The third-order valence-corrected chi connectivity index (χ3v) is 11.3. The van der Waals surface area contributed by atoms with E-state index in [0.29, 0.717) is 37.9 Å². The van der Waals surface area contributed by atoms with Crippen molar-refractivity contribution < 1.29 is 28.5 Å². The summed E-state index contributed by atoms with van der Waals surface area (Å²) in [5.74, 6) is 21.6. The molecule has 0 aliphatic rings. The van der Waals surface area contributed by atoms with E-state index in [1.807, 2.05) is 147 Å². The third kappa shape index (κ3) is 15.3. The van der Waals surface area contributed by atoms with Gasteiger partial charge in [-0.05, 0) is 145 Å². The van der Waals surface area contributed by atoms with Gasteiger partial charge in [0, 0.05) is 66.8 Å². The summed E-state index contributed by atoms with van der Waals surface area (Å²) < 4.78 is 22.3. The predicted octanol–water partition coefficient (Wildman–Crippen LogP) is 11.3. The summed E-state index contributed by atoms with van der Waals surface area (Å²) in [6.45, 7) is 12.4. The highest BCUT2D eigenvalue weighted by atomic mass is 32.2. The van der Waals surface area contributed by atoms with Crippen molar-refractivity contribution in [2.45, 2.75) is 36.9 Å². The van der Waals surface area contributed by atoms with Crippen LogP contribution in [0.15, 0.2) is 169 Å². The van der Waals surface area contributed by atoms with Crippen LogP contribution >= 0.6 is 23.5 Å². The number of aryl methyl sites for hydroxylation is 2. The standard InChI is InChI=1S/C56H46O6S2/c1-5-55(57)59-33-35-63-51-27-21-45(22-28-51)9-15-47-25-31-53(41(3)37-47)61-39-49-17-11-43(12-18-49)7-8-44-13-19-50(20-14-44)40-62-54-32-26-48(38-42(54)4)16-10-46-23-29-52(30-24-46)64-36-34-60-56(58)6-2/h5-6,11-14,17-32,37-38H,1-2,33-36,39-40H2,3-4H3. The van der Waals surface area contributed by atoms with E-state index in [4.69, 9.17) is 18.9 Å². The third-order valence-electron chi connectivity index (χ3n) is 9.33. The minimum Gasteiger partial charge on any atom is -0.489 e. The molecule has 6 aromatic rings. The Morgan fingerprint density at radius 1 is 0.469 bits per heavy atom. The molecule has 6 nitrogen and oxygen atoms in total. The molecule has 0 N–H and O–H groups in total. The van der Waals surface area contributed by atoms with Crippen LogP contribution in [0.1, 0.15) is 55.6 Å². The number of rotatable bonds is 16. The SMILES string of the molecule is C=CC(=O)OCCSc1ccc(C#Cc2ccc(OCc3ccc(C#Cc4ccc(COc5ccc(C#Cc6ccc(SCCOC(=O)C=C)cc6)cc5C)cc4)cc3)c(C)c2)cc1. The molecule has 0 unspecified atom stereocenters. The van der Waals surface area contributed by atoms with Gasteiger partial charge in [-0.2, -0.15) is 0 Å². The summed E-state index contributed by atoms with van der Waals surface area (Å²) in [5, 5.41) is 0. The second-order valence-electron chi connectivity index (χ2n) is 14.2. The van der Waals surface area contributed by atoms with Crippen LogP contribution in [0, 0.1) is 49.4 Å². The number of benzene rings is 6. The molecule has 0 aliphatic carbocycles. The highest BCUT2D eigenvalue weighted by Gasteiger charge is 2.05. The molecular formula is C56H46O6S2. The van der Waals surface area contributed by atoms with Crippen molar-refractivity contribution in [1.29, 1.82) is 0 Å². The lowest BCUT2D eigenvalue weighted by Gasteiger charge is -2.10. The maximum atomic E-state index is 11.2. The van der Waals surface area contributed by atoms with Gasteiger partial charge in [-0.25, -0.2) is 9.59 Å². The average Bonchev–Trinajstić information content (AvgIpc) is 3.32. The van der Waals surface area contributed by atoms with Crippen LogP contribution in [0.2, 0.25) is 0 Å². The molecule has 318 valence electrons. The number of hydrogen-bond donors (Lipinski definition) is 0.